The number of amides is 1. The number of carbonyl (C=O) groups excluding carboxylic acids is 1. The maximum Gasteiger partial charge on any atom is 0.251 e. The highest BCUT2D eigenvalue weighted by molar-refractivity contribution is 9.10. The largest absolute Gasteiger partial charge is 0.399 e. The molecule has 0 bridgehead atoms. The molecule has 1 aromatic rings. The Morgan fingerprint density at radius 2 is 2.06 bits per heavy atom. The van der Waals surface area contributed by atoms with Crippen LogP contribution in [0, 0.1) is 0 Å². The van der Waals surface area contributed by atoms with Crippen molar-refractivity contribution < 1.29 is 4.79 Å². The van der Waals surface area contributed by atoms with E-state index in [1.165, 1.54) is 12.8 Å². The highest BCUT2D eigenvalue weighted by Crippen LogP contribution is 2.17. The van der Waals surface area contributed by atoms with Gasteiger partial charge in [-0.3, -0.25) is 4.79 Å². The van der Waals surface area contributed by atoms with Crippen LogP contribution >= 0.6 is 15.9 Å². The molecule has 0 aliphatic rings. The monoisotopic (exact) mass is 298 g/mol. The molecule has 4 heteroatoms. The first-order valence-corrected chi connectivity index (χ1v) is 6.77. The van der Waals surface area contributed by atoms with E-state index in [4.69, 9.17) is 5.73 Å². The second-order valence-corrected chi connectivity index (χ2v) is 5.01. The molecule has 1 rings (SSSR count). The van der Waals surface area contributed by atoms with Gasteiger partial charge < -0.3 is 11.1 Å². The third-order valence-corrected chi connectivity index (χ3v) is 2.96. The molecule has 0 spiro atoms. The fourth-order valence-corrected chi connectivity index (χ4v) is 2.11. The Kier molecular flexibility index (Phi) is 6.05. The van der Waals surface area contributed by atoms with Crippen LogP contribution in [-0.2, 0) is 0 Å². The smallest absolute Gasteiger partial charge is 0.251 e. The normalized spacial score (nSPS) is 10.2. The van der Waals surface area contributed by atoms with Gasteiger partial charge in [-0.05, 0) is 24.6 Å². The molecule has 3 N–H and O–H groups in total. The molecule has 1 amide bonds. The molecule has 0 aromatic heterocycles. The van der Waals surface area contributed by atoms with E-state index in [0.717, 1.165) is 23.9 Å². The summed E-state index contributed by atoms with van der Waals surface area (Å²) < 4.78 is 0.827. The molecule has 3 nitrogen and oxygen atoms in total. The van der Waals surface area contributed by atoms with Crippen LogP contribution in [0.1, 0.15) is 43.0 Å². The topological polar surface area (TPSA) is 55.1 Å². The highest BCUT2D eigenvalue weighted by atomic mass is 79.9. The van der Waals surface area contributed by atoms with Crippen LogP contribution < -0.4 is 11.1 Å². The molecule has 0 fully saturated rings. The highest BCUT2D eigenvalue weighted by Gasteiger charge is 2.06. The van der Waals surface area contributed by atoms with E-state index in [2.05, 4.69) is 28.2 Å². The van der Waals surface area contributed by atoms with Crippen LogP contribution in [0.5, 0.6) is 0 Å². The van der Waals surface area contributed by atoms with Gasteiger partial charge >= 0.3 is 0 Å². The maximum atomic E-state index is 11.8. The number of nitrogen functional groups attached to an aromatic ring is 1. The van der Waals surface area contributed by atoms with E-state index in [9.17, 15) is 4.79 Å². The molecular formula is C13H19BrN2O. The molecule has 1 aromatic carbocycles. The van der Waals surface area contributed by atoms with Crippen molar-refractivity contribution in [1.29, 1.82) is 0 Å². The van der Waals surface area contributed by atoms with E-state index < -0.39 is 0 Å². The summed E-state index contributed by atoms with van der Waals surface area (Å²) in [5, 5.41) is 2.90. The SMILES string of the molecule is CCCCCCNC(=O)c1cc(N)cc(Br)c1. The Bertz CT molecular complexity index is 359. The number of benzene rings is 1. The Balaban J connectivity index is 2.41. The maximum absolute atomic E-state index is 11.8. The average Bonchev–Trinajstić information content (AvgIpc) is 2.27. The van der Waals surface area contributed by atoms with Gasteiger partial charge in [0.1, 0.15) is 0 Å². The number of nitrogens with one attached hydrogen (secondary N) is 1. The fourth-order valence-electron chi connectivity index (χ4n) is 1.60. The second-order valence-electron chi connectivity index (χ2n) is 4.09. The number of nitrogens with two attached hydrogens (primary N) is 1. The predicted molar refractivity (Wildman–Crippen MR) is 75.0 cm³/mol. The lowest BCUT2D eigenvalue weighted by Crippen LogP contribution is -2.24. The van der Waals surface area contributed by atoms with Gasteiger partial charge in [-0.1, -0.05) is 42.1 Å². The van der Waals surface area contributed by atoms with Crippen molar-refractivity contribution in [1.82, 2.24) is 5.32 Å². The fraction of sp³-hybridized carbons (Fsp3) is 0.462. The van der Waals surface area contributed by atoms with Gasteiger partial charge in [-0.15, -0.1) is 0 Å². The van der Waals surface area contributed by atoms with Gasteiger partial charge in [-0.2, -0.15) is 0 Å². The molecule has 0 saturated heterocycles. The van der Waals surface area contributed by atoms with Gasteiger partial charge in [0.15, 0.2) is 0 Å². The van der Waals surface area contributed by atoms with Crippen molar-refractivity contribution in [3.63, 3.8) is 0 Å². The third-order valence-electron chi connectivity index (χ3n) is 2.50. The molecule has 0 saturated carbocycles. The molecule has 0 unspecified atom stereocenters. The summed E-state index contributed by atoms with van der Waals surface area (Å²) in [6.07, 6.45) is 4.62. The second kappa shape index (κ2) is 7.33. The van der Waals surface area contributed by atoms with Crippen molar-refractivity contribution in [3.8, 4) is 0 Å². The zero-order chi connectivity index (χ0) is 12.7. The first kappa shape index (κ1) is 14.0. The Morgan fingerprint density at radius 3 is 2.71 bits per heavy atom. The Morgan fingerprint density at radius 1 is 1.29 bits per heavy atom. The van der Waals surface area contributed by atoms with E-state index in [0.29, 0.717) is 11.3 Å². The van der Waals surface area contributed by atoms with E-state index in [1.54, 1.807) is 18.2 Å². The minimum absolute atomic E-state index is 0.0606. The summed E-state index contributed by atoms with van der Waals surface area (Å²) in [6, 6.07) is 5.24. The molecule has 17 heavy (non-hydrogen) atoms. The van der Waals surface area contributed by atoms with Crippen LogP contribution in [0.2, 0.25) is 0 Å². The average molecular weight is 299 g/mol. The van der Waals surface area contributed by atoms with Crippen LogP contribution in [0.25, 0.3) is 0 Å². The van der Waals surface area contributed by atoms with Gasteiger partial charge in [0.05, 0.1) is 0 Å². The predicted octanol–water partition coefficient (Wildman–Crippen LogP) is 3.34. The number of halogens is 1. The lowest BCUT2D eigenvalue weighted by Gasteiger charge is -2.06. The molecule has 0 aliphatic heterocycles. The zero-order valence-electron chi connectivity index (χ0n) is 10.1. The summed E-state index contributed by atoms with van der Waals surface area (Å²) in [5.74, 6) is -0.0606. The molecule has 0 heterocycles. The summed E-state index contributed by atoms with van der Waals surface area (Å²) in [4.78, 5) is 11.8. The van der Waals surface area contributed by atoms with Crippen molar-refractivity contribution in [2.24, 2.45) is 0 Å². The van der Waals surface area contributed by atoms with Gasteiger partial charge in [0, 0.05) is 22.3 Å². The summed E-state index contributed by atoms with van der Waals surface area (Å²) in [5.41, 5.74) is 6.88. The Labute approximate surface area is 111 Å². The first-order chi connectivity index (χ1) is 8.13. The van der Waals surface area contributed by atoms with Gasteiger partial charge in [0.2, 0.25) is 0 Å². The van der Waals surface area contributed by atoms with Crippen LogP contribution in [0.4, 0.5) is 5.69 Å². The molecule has 0 aliphatic carbocycles. The summed E-state index contributed by atoms with van der Waals surface area (Å²) >= 11 is 3.32. The third kappa shape index (κ3) is 5.22. The van der Waals surface area contributed by atoms with Crippen LogP contribution in [0.15, 0.2) is 22.7 Å². The summed E-state index contributed by atoms with van der Waals surface area (Å²) in [6.45, 7) is 2.90. The number of hydrogen-bond acceptors (Lipinski definition) is 2. The lowest BCUT2D eigenvalue weighted by molar-refractivity contribution is 0.0953. The van der Waals surface area contributed by atoms with Crippen molar-refractivity contribution in [2.45, 2.75) is 32.6 Å². The number of hydrogen-bond donors (Lipinski definition) is 2. The van der Waals surface area contributed by atoms with Crippen LogP contribution in [-0.4, -0.2) is 12.5 Å². The first-order valence-electron chi connectivity index (χ1n) is 5.97. The molecule has 0 radical (unpaired) electrons. The van der Waals surface area contributed by atoms with Crippen molar-refractivity contribution in [2.75, 3.05) is 12.3 Å². The van der Waals surface area contributed by atoms with E-state index in [1.807, 2.05) is 0 Å². The number of anilines is 1. The van der Waals surface area contributed by atoms with E-state index in [-0.39, 0.29) is 5.91 Å². The van der Waals surface area contributed by atoms with Gasteiger partial charge in [0.25, 0.3) is 5.91 Å². The molecule has 94 valence electrons. The standard InChI is InChI=1S/C13H19BrN2O/c1-2-3-4-5-6-16-13(17)10-7-11(14)9-12(15)8-10/h7-9H,2-6,15H2,1H3,(H,16,17). The van der Waals surface area contributed by atoms with E-state index >= 15 is 0 Å². The molecular weight excluding hydrogens is 280 g/mol. The van der Waals surface area contributed by atoms with Crippen molar-refractivity contribution >= 4 is 27.5 Å². The minimum atomic E-state index is -0.0606. The number of unbranched alkanes of at least 4 members (excludes halogenated alkanes) is 3. The van der Waals surface area contributed by atoms with Crippen molar-refractivity contribution in [3.05, 3.63) is 28.2 Å². The quantitative estimate of drug-likeness (QED) is 0.625. The minimum Gasteiger partial charge on any atom is -0.399 e. The number of carbonyl (C=O) groups is 1. The summed E-state index contributed by atoms with van der Waals surface area (Å²) in [7, 11) is 0. The zero-order valence-corrected chi connectivity index (χ0v) is 11.7. The Hall–Kier alpha value is -1.03. The molecule has 0 atom stereocenters. The number of rotatable bonds is 6. The van der Waals surface area contributed by atoms with Gasteiger partial charge in [-0.25, -0.2) is 0 Å². The van der Waals surface area contributed by atoms with Crippen LogP contribution in [0.3, 0.4) is 0 Å². The lowest BCUT2D eigenvalue weighted by atomic mass is 10.2.